The van der Waals surface area contributed by atoms with Gasteiger partial charge in [0.05, 0.1) is 25.1 Å². The van der Waals surface area contributed by atoms with E-state index in [1.807, 2.05) is 10.8 Å². The van der Waals surface area contributed by atoms with E-state index >= 15 is 0 Å². The maximum absolute atomic E-state index is 13.2. The lowest BCUT2D eigenvalue weighted by molar-refractivity contribution is -0.139. The largest absolute Gasteiger partial charge is 0.507 e. The Morgan fingerprint density at radius 1 is 1.12 bits per heavy atom. The third-order valence-electron chi connectivity index (χ3n) is 5.99. The summed E-state index contributed by atoms with van der Waals surface area (Å²) in [5.74, 6) is 0.0568. The number of aliphatic hydroxyl groups is 1. The van der Waals surface area contributed by atoms with Crippen molar-refractivity contribution in [3.8, 4) is 17.2 Å². The lowest BCUT2D eigenvalue weighted by atomic mass is 9.95. The molecule has 174 valence electrons. The molecule has 3 aromatic rings. The quantitative estimate of drug-likeness (QED) is 0.328. The highest BCUT2D eigenvalue weighted by Crippen LogP contribution is 2.41. The monoisotopic (exact) mass is 461 g/mol. The summed E-state index contributed by atoms with van der Waals surface area (Å²) in [5, 5.41) is 11.2. The number of benzene rings is 2. The molecule has 9 nitrogen and oxygen atoms in total. The molecular weight excluding hydrogens is 438 g/mol. The van der Waals surface area contributed by atoms with Crippen LogP contribution < -0.4 is 14.2 Å². The first kappa shape index (κ1) is 21.6. The van der Waals surface area contributed by atoms with Gasteiger partial charge in [0, 0.05) is 31.0 Å². The van der Waals surface area contributed by atoms with Crippen LogP contribution in [-0.2, 0) is 16.1 Å². The van der Waals surface area contributed by atoms with Gasteiger partial charge in [-0.25, -0.2) is 4.98 Å². The molecule has 3 heterocycles. The van der Waals surface area contributed by atoms with Gasteiger partial charge in [-0.15, -0.1) is 0 Å². The van der Waals surface area contributed by atoms with E-state index in [2.05, 4.69) is 4.98 Å². The number of aliphatic hydroxyl groups excluding tert-OH is 1. The molecule has 0 radical (unpaired) electrons. The Morgan fingerprint density at radius 3 is 2.65 bits per heavy atom. The lowest BCUT2D eigenvalue weighted by Crippen LogP contribution is -2.31. The van der Waals surface area contributed by atoms with Crippen molar-refractivity contribution in [2.75, 3.05) is 20.4 Å². The number of hydrogen-bond donors (Lipinski definition) is 1. The number of carbonyl (C=O) groups is 2. The Bertz CT molecular complexity index is 1250. The van der Waals surface area contributed by atoms with Gasteiger partial charge in [0.2, 0.25) is 6.79 Å². The average Bonchev–Trinajstić information content (AvgIpc) is 3.60. The predicted molar refractivity (Wildman–Crippen MR) is 121 cm³/mol. The molecule has 1 fully saturated rings. The Labute approximate surface area is 195 Å². The number of ketones is 1. The van der Waals surface area contributed by atoms with E-state index in [4.69, 9.17) is 14.2 Å². The molecule has 2 aliphatic heterocycles. The van der Waals surface area contributed by atoms with Crippen LogP contribution in [0.5, 0.6) is 17.2 Å². The number of nitrogens with zero attached hydrogens (tertiary/aromatic N) is 3. The summed E-state index contributed by atoms with van der Waals surface area (Å²) in [7, 11) is 1.57. The number of imidazole rings is 1. The topological polar surface area (TPSA) is 103 Å². The minimum Gasteiger partial charge on any atom is -0.507 e. The second-order valence-corrected chi connectivity index (χ2v) is 7.99. The van der Waals surface area contributed by atoms with Crippen LogP contribution in [0.3, 0.4) is 0 Å². The standard InChI is InChI=1S/C25H23N3O6/c1-32-18-6-3-16(4-7-18)22-21(23(29)17-5-8-19-20(13-17)34-15-33-19)24(30)25(31)28(22)11-2-10-27-12-9-26-14-27/h3-9,12-14,22,29H,2,10-11,15H2,1H3/b23-21+. The predicted octanol–water partition coefficient (Wildman–Crippen LogP) is 3.13. The van der Waals surface area contributed by atoms with E-state index in [0.717, 1.165) is 0 Å². The van der Waals surface area contributed by atoms with E-state index in [1.54, 1.807) is 62.1 Å². The van der Waals surface area contributed by atoms with Crippen molar-refractivity contribution in [3.05, 3.63) is 77.9 Å². The van der Waals surface area contributed by atoms with Crippen LogP contribution in [0.2, 0.25) is 0 Å². The molecule has 1 atom stereocenters. The molecule has 0 spiro atoms. The third kappa shape index (κ3) is 3.85. The third-order valence-corrected chi connectivity index (χ3v) is 5.99. The van der Waals surface area contributed by atoms with E-state index in [0.29, 0.717) is 47.9 Å². The van der Waals surface area contributed by atoms with Crippen molar-refractivity contribution in [2.45, 2.75) is 19.0 Å². The normalized spacial score (nSPS) is 18.5. The zero-order valence-corrected chi connectivity index (χ0v) is 18.5. The van der Waals surface area contributed by atoms with Crippen molar-refractivity contribution < 1.29 is 28.9 Å². The highest BCUT2D eigenvalue weighted by atomic mass is 16.7. The van der Waals surface area contributed by atoms with Crippen LogP contribution in [0.1, 0.15) is 23.6 Å². The van der Waals surface area contributed by atoms with Gasteiger partial charge < -0.3 is 28.8 Å². The highest BCUT2D eigenvalue weighted by molar-refractivity contribution is 6.46. The fourth-order valence-electron chi connectivity index (χ4n) is 4.29. The number of likely N-dealkylation sites (tertiary alicyclic amines) is 1. The zero-order chi connectivity index (χ0) is 23.7. The second-order valence-electron chi connectivity index (χ2n) is 7.99. The summed E-state index contributed by atoms with van der Waals surface area (Å²) in [6, 6.07) is 11.3. The lowest BCUT2D eigenvalue weighted by Gasteiger charge is -2.25. The maximum Gasteiger partial charge on any atom is 0.295 e. The summed E-state index contributed by atoms with van der Waals surface area (Å²) in [5.41, 5.74) is 1.11. The number of ether oxygens (including phenoxy) is 3. The van der Waals surface area contributed by atoms with E-state index in [9.17, 15) is 14.7 Å². The highest BCUT2D eigenvalue weighted by Gasteiger charge is 2.45. The van der Waals surface area contributed by atoms with Gasteiger partial charge >= 0.3 is 0 Å². The van der Waals surface area contributed by atoms with Gasteiger partial charge in [0.25, 0.3) is 11.7 Å². The van der Waals surface area contributed by atoms with Crippen molar-refractivity contribution in [1.29, 1.82) is 0 Å². The first-order chi connectivity index (χ1) is 16.6. The van der Waals surface area contributed by atoms with Crippen LogP contribution in [0, 0.1) is 0 Å². The van der Waals surface area contributed by atoms with Gasteiger partial charge in [-0.2, -0.15) is 0 Å². The Balaban J connectivity index is 1.53. The molecular formula is C25H23N3O6. The molecule has 1 amide bonds. The molecule has 1 aromatic heterocycles. The molecule has 5 rings (SSSR count). The number of methoxy groups -OCH3 is 1. The van der Waals surface area contributed by atoms with Gasteiger partial charge in [0.1, 0.15) is 11.5 Å². The number of fused-ring (bicyclic) bond motifs is 1. The summed E-state index contributed by atoms with van der Waals surface area (Å²) >= 11 is 0. The van der Waals surface area contributed by atoms with Crippen molar-refractivity contribution >= 4 is 17.4 Å². The van der Waals surface area contributed by atoms with Gasteiger partial charge in [0.15, 0.2) is 11.5 Å². The smallest absolute Gasteiger partial charge is 0.295 e. The summed E-state index contributed by atoms with van der Waals surface area (Å²) in [6.07, 6.45) is 5.85. The molecule has 0 saturated carbocycles. The number of Topliss-reactive ketones (excluding diaryl/α,β-unsaturated/α-hetero) is 1. The van der Waals surface area contributed by atoms with Crippen molar-refractivity contribution in [3.63, 3.8) is 0 Å². The molecule has 1 N–H and O–H groups in total. The van der Waals surface area contributed by atoms with Crippen LogP contribution in [0.25, 0.3) is 5.76 Å². The minimum absolute atomic E-state index is 0.0386. The number of carbonyl (C=O) groups excluding carboxylic acids is 2. The van der Waals surface area contributed by atoms with E-state index < -0.39 is 17.7 Å². The van der Waals surface area contributed by atoms with Crippen LogP contribution in [0.4, 0.5) is 0 Å². The molecule has 9 heteroatoms. The SMILES string of the molecule is COc1ccc(C2/C(=C(\O)c3ccc4c(c3)OCO4)C(=O)C(=O)N2CCCn2ccnc2)cc1. The molecule has 0 aliphatic carbocycles. The molecule has 2 aliphatic rings. The summed E-state index contributed by atoms with van der Waals surface area (Å²) in [4.78, 5) is 31.8. The van der Waals surface area contributed by atoms with Gasteiger partial charge in [-0.1, -0.05) is 12.1 Å². The van der Waals surface area contributed by atoms with Crippen LogP contribution in [-0.4, -0.2) is 51.7 Å². The molecule has 0 bridgehead atoms. The minimum atomic E-state index is -0.737. The molecule has 2 aromatic carbocycles. The fraction of sp³-hybridized carbons (Fsp3) is 0.240. The fourth-order valence-corrected chi connectivity index (χ4v) is 4.29. The number of aromatic nitrogens is 2. The Hall–Kier alpha value is -4.27. The molecule has 1 unspecified atom stereocenters. The van der Waals surface area contributed by atoms with E-state index in [1.165, 1.54) is 4.90 Å². The first-order valence-electron chi connectivity index (χ1n) is 10.8. The molecule has 1 saturated heterocycles. The first-order valence-corrected chi connectivity index (χ1v) is 10.8. The maximum atomic E-state index is 13.2. The van der Waals surface area contributed by atoms with Gasteiger partial charge in [-0.3, -0.25) is 9.59 Å². The number of aryl methyl sites for hydroxylation is 1. The Morgan fingerprint density at radius 2 is 1.91 bits per heavy atom. The van der Waals surface area contributed by atoms with Gasteiger partial charge in [-0.05, 0) is 42.3 Å². The molecule has 34 heavy (non-hydrogen) atoms. The zero-order valence-electron chi connectivity index (χ0n) is 18.5. The van der Waals surface area contributed by atoms with Crippen LogP contribution >= 0.6 is 0 Å². The number of hydrogen-bond acceptors (Lipinski definition) is 7. The summed E-state index contributed by atoms with van der Waals surface area (Å²) in [6.45, 7) is 1.06. The Kier molecular flexibility index (Phi) is 5.67. The second kappa shape index (κ2) is 8.93. The van der Waals surface area contributed by atoms with Crippen LogP contribution in [0.15, 0.2) is 66.8 Å². The van der Waals surface area contributed by atoms with Crippen molar-refractivity contribution in [2.24, 2.45) is 0 Å². The number of amides is 1. The van der Waals surface area contributed by atoms with Crippen molar-refractivity contribution in [1.82, 2.24) is 14.5 Å². The van der Waals surface area contributed by atoms with E-state index in [-0.39, 0.29) is 18.1 Å². The number of rotatable bonds is 7. The summed E-state index contributed by atoms with van der Waals surface area (Å²) < 4.78 is 17.9. The average molecular weight is 461 g/mol.